The standard InChI is InChI=1S/C13H17N3O/c1-3-16(12-6-4-5-10(2)7-12)13-15-11(8-14)9-17-13/h4-7,9H,3,8,14H2,1-2H3. The summed E-state index contributed by atoms with van der Waals surface area (Å²) < 4.78 is 5.44. The predicted octanol–water partition coefficient (Wildman–Crippen LogP) is 2.60. The summed E-state index contributed by atoms with van der Waals surface area (Å²) >= 11 is 0. The first-order valence-corrected chi connectivity index (χ1v) is 5.73. The largest absolute Gasteiger partial charge is 0.431 e. The molecule has 0 aliphatic carbocycles. The summed E-state index contributed by atoms with van der Waals surface area (Å²) in [7, 11) is 0. The van der Waals surface area contributed by atoms with E-state index >= 15 is 0 Å². The average Bonchev–Trinajstić information content (AvgIpc) is 2.79. The number of benzene rings is 1. The molecule has 1 aromatic heterocycles. The van der Waals surface area contributed by atoms with Crippen molar-refractivity contribution in [3.8, 4) is 0 Å². The van der Waals surface area contributed by atoms with Crippen molar-refractivity contribution in [1.82, 2.24) is 4.98 Å². The molecule has 0 amide bonds. The Morgan fingerprint density at radius 2 is 2.24 bits per heavy atom. The van der Waals surface area contributed by atoms with Crippen molar-refractivity contribution in [2.75, 3.05) is 11.4 Å². The zero-order chi connectivity index (χ0) is 12.3. The van der Waals surface area contributed by atoms with Gasteiger partial charge in [0.2, 0.25) is 0 Å². The molecule has 0 spiro atoms. The molecule has 0 radical (unpaired) electrons. The van der Waals surface area contributed by atoms with Gasteiger partial charge in [-0.1, -0.05) is 12.1 Å². The number of nitrogens with two attached hydrogens (primary N) is 1. The van der Waals surface area contributed by atoms with E-state index in [1.165, 1.54) is 5.56 Å². The van der Waals surface area contributed by atoms with Gasteiger partial charge in [0, 0.05) is 18.8 Å². The van der Waals surface area contributed by atoms with Crippen molar-refractivity contribution in [2.45, 2.75) is 20.4 Å². The minimum atomic E-state index is 0.398. The third kappa shape index (κ3) is 2.47. The van der Waals surface area contributed by atoms with Crippen LogP contribution >= 0.6 is 0 Å². The Balaban J connectivity index is 2.33. The van der Waals surface area contributed by atoms with Crippen LogP contribution in [0.1, 0.15) is 18.2 Å². The highest BCUT2D eigenvalue weighted by atomic mass is 16.4. The van der Waals surface area contributed by atoms with Crippen molar-refractivity contribution in [3.05, 3.63) is 41.8 Å². The van der Waals surface area contributed by atoms with Crippen LogP contribution in [0.3, 0.4) is 0 Å². The molecule has 1 aromatic carbocycles. The van der Waals surface area contributed by atoms with Gasteiger partial charge >= 0.3 is 6.01 Å². The maximum absolute atomic E-state index is 5.53. The summed E-state index contributed by atoms with van der Waals surface area (Å²) in [6.45, 7) is 5.33. The molecule has 0 saturated heterocycles. The lowest BCUT2D eigenvalue weighted by Crippen LogP contribution is -2.16. The van der Waals surface area contributed by atoms with Gasteiger partial charge in [0.15, 0.2) is 0 Å². The summed E-state index contributed by atoms with van der Waals surface area (Å²) in [4.78, 5) is 6.36. The Bertz CT molecular complexity index is 493. The number of rotatable bonds is 4. The van der Waals surface area contributed by atoms with Gasteiger partial charge in [-0.05, 0) is 31.5 Å². The summed E-state index contributed by atoms with van der Waals surface area (Å²) in [6, 6.07) is 8.84. The molecule has 0 unspecified atom stereocenters. The molecule has 17 heavy (non-hydrogen) atoms. The molecule has 2 aromatic rings. The number of nitrogens with zero attached hydrogens (tertiary/aromatic N) is 2. The monoisotopic (exact) mass is 231 g/mol. The Kier molecular flexibility index (Phi) is 3.44. The molecule has 2 rings (SSSR count). The molecule has 4 nitrogen and oxygen atoms in total. The van der Waals surface area contributed by atoms with Gasteiger partial charge in [0.25, 0.3) is 0 Å². The van der Waals surface area contributed by atoms with E-state index in [0.717, 1.165) is 17.9 Å². The first-order chi connectivity index (χ1) is 8.24. The van der Waals surface area contributed by atoms with Gasteiger partial charge in [0.05, 0.1) is 5.69 Å². The molecule has 0 atom stereocenters. The van der Waals surface area contributed by atoms with E-state index in [1.807, 2.05) is 17.0 Å². The number of hydrogen-bond donors (Lipinski definition) is 1. The Labute approximate surface area is 101 Å². The summed E-state index contributed by atoms with van der Waals surface area (Å²) in [6.07, 6.45) is 1.60. The van der Waals surface area contributed by atoms with Gasteiger partial charge in [-0.3, -0.25) is 4.90 Å². The van der Waals surface area contributed by atoms with E-state index in [1.54, 1.807) is 6.26 Å². The van der Waals surface area contributed by atoms with Gasteiger partial charge in [-0.2, -0.15) is 4.98 Å². The lowest BCUT2D eigenvalue weighted by atomic mass is 10.2. The second-order valence-electron chi connectivity index (χ2n) is 3.91. The lowest BCUT2D eigenvalue weighted by Gasteiger charge is -2.18. The number of aromatic nitrogens is 1. The van der Waals surface area contributed by atoms with Gasteiger partial charge in [0.1, 0.15) is 6.26 Å². The Morgan fingerprint density at radius 3 is 2.82 bits per heavy atom. The molecule has 4 heteroatoms. The van der Waals surface area contributed by atoms with E-state index in [-0.39, 0.29) is 0 Å². The van der Waals surface area contributed by atoms with Crippen LogP contribution < -0.4 is 10.6 Å². The number of hydrogen-bond acceptors (Lipinski definition) is 4. The zero-order valence-corrected chi connectivity index (χ0v) is 10.2. The quantitative estimate of drug-likeness (QED) is 0.878. The van der Waals surface area contributed by atoms with Crippen LogP contribution in [0.15, 0.2) is 34.9 Å². The van der Waals surface area contributed by atoms with Crippen LogP contribution in [0.2, 0.25) is 0 Å². The van der Waals surface area contributed by atoms with Crippen molar-refractivity contribution in [1.29, 1.82) is 0 Å². The first-order valence-electron chi connectivity index (χ1n) is 5.73. The topological polar surface area (TPSA) is 55.3 Å². The molecule has 0 bridgehead atoms. The van der Waals surface area contributed by atoms with Crippen LogP contribution in [-0.2, 0) is 6.54 Å². The molecule has 1 heterocycles. The maximum Gasteiger partial charge on any atom is 0.302 e. The summed E-state index contributed by atoms with van der Waals surface area (Å²) in [5.41, 5.74) is 8.59. The molecule has 0 fully saturated rings. The highest BCUT2D eigenvalue weighted by Crippen LogP contribution is 2.24. The van der Waals surface area contributed by atoms with Crippen molar-refractivity contribution in [2.24, 2.45) is 5.73 Å². The highest BCUT2D eigenvalue weighted by Gasteiger charge is 2.13. The molecule has 2 N–H and O–H groups in total. The molecule has 90 valence electrons. The highest BCUT2D eigenvalue weighted by molar-refractivity contribution is 5.57. The smallest absolute Gasteiger partial charge is 0.302 e. The summed E-state index contributed by atoms with van der Waals surface area (Å²) in [5.74, 6) is 0. The van der Waals surface area contributed by atoms with Crippen LogP contribution in [0.25, 0.3) is 0 Å². The third-order valence-electron chi connectivity index (χ3n) is 2.61. The van der Waals surface area contributed by atoms with Crippen molar-refractivity contribution >= 4 is 11.7 Å². The number of aryl methyl sites for hydroxylation is 1. The maximum atomic E-state index is 5.53. The van der Waals surface area contributed by atoms with E-state index in [0.29, 0.717) is 12.6 Å². The molecular weight excluding hydrogens is 214 g/mol. The van der Waals surface area contributed by atoms with Crippen LogP contribution in [0.5, 0.6) is 0 Å². The Hall–Kier alpha value is -1.81. The zero-order valence-electron chi connectivity index (χ0n) is 10.2. The average molecular weight is 231 g/mol. The fourth-order valence-corrected chi connectivity index (χ4v) is 1.74. The molecule has 0 aliphatic rings. The first kappa shape index (κ1) is 11.7. The predicted molar refractivity (Wildman–Crippen MR) is 68.3 cm³/mol. The van der Waals surface area contributed by atoms with E-state index in [2.05, 4.69) is 31.0 Å². The minimum Gasteiger partial charge on any atom is -0.431 e. The number of oxazole rings is 1. The minimum absolute atomic E-state index is 0.398. The van der Waals surface area contributed by atoms with Gasteiger partial charge < -0.3 is 10.2 Å². The fourth-order valence-electron chi connectivity index (χ4n) is 1.74. The molecule has 0 aliphatic heterocycles. The summed E-state index contributed by atoms with van der Waals surface area (Å²) in [5, 5.41) is 0. The van der Waals surface area contributed by atoms with Crippen LogP contribution in [-0.4, -0.2) is 11.5 Å². The molecular formula is C13H17N3O. The van der Waals surface area contributed by atoms with E-state index in [9.17, 15) is 0 Å². The normalized spacial score (nSPS) is 10.5. The second kappa shape index (κ2) is 5.01. The number of anilines is 2. The van der Waals surface area contributed by atoms with Crippen molar-refractivity contribution in [3.63, 3.8) is 0 Å². The van der Waals surface area contributed by atoms with Crippen LogP contribution in [0, 0.1) is 6.92 Å². The molecule has 0 saturated carbocycles. The van der Waals surface area contributed by atoms with Crippen LogP contribution in [0.4, 0.5) is 11.7 Å². The fraction of sp³-hybridized carbons (Fsp3) is 0.308. The van der Waals surface area contributed by atoms with E-state index in [4.69, 9.17) is 10.2 Å². The van der Waals surface area contributed by atoms with E-state index < -0.39 is 0 Å². The van der Waals surface area contributed by atoms with Crippen molar-refractivity contribution < 1.29 is 4.42 Å². The van der Waals surface area contributed by atoms with Gasteiger partial charge in [-0.15, -0.1) is 0 Å². The lowest BCUT2D eigenvalue weighted by molar-refractivity contribution is 0.554. The Morgan fingerprint density at radius 1 is 1.41 bits per heavy atom. The SMILES string of the molecule is CCN(c1cccc(C)c1)c1nc(CN)co1. The third-order valence-corrected chi connectivity index (χ3v) is 2.61. The van der Waals surface area contributed by atoms with Gasteiger partial charge in [-0.25, -0.2) is 0 Å². The second-order valence-corrected chi connectivity index (χ2v) is 3.91.